The molecule has 0 bridgehead atoms. The van der Waals surface area contributed by atoms with Gasteiger partial charge in [0.15, 0.2) is 0 Å². The highest BCUT2D eigenvalue weighted by Gasteiger charge is 2.09. The van der Waals surface area contributed by atoms with E-state index in [1.165, 1.54) is 6.07 Å². The summed E-state index contributed by atoms with van der Waals surface area (Å²) >= 11 is 0. The van der Waals surface area contributed by atoms with E-state index >= 15 is 0 Å². The molecule has 0 unspecified atom stereocenters. The zero-order valence-corrected chi connectivity index (χ0v) is 9.97. The monoisotopic (exact) mass is 262 g/mol. The molecule has 17 heavy (non-hydrogen) atoms. The van der Waals surface area contributed by atoms with E-state index in [-0.39, 0.29) is 11.4 Å². The molecule has 0 atom stereocenters. The number of benzene rings is 1. The zero-order chi connectivity index (χ0) is 13.1. The fraction of sp³-hybridized carbons (Fsp3) is 0.222. The second-order valence-electron chi connectivity index (χ2n) is 3.19. The molecule has 0 saturated carbocycles. The molecule has 1 amide bonds. The second kappa shape index (κ2) is 5.00. The van der Waals surface area contributed by atoms with Crippen molar-refractivity contribution in [3.8, 4) is 0 Å². The number of anilines is 2. The summed E-state index contributed by atoms with van der Waals surface area (Å²) in [6, 6.07) is 3.41. The molecule has 0 aliphatic carbocycles. The predicted molar refractivity (Wildman–Crippen MR) is 60.9 cm³/mol. The van der Waals surface area contributed by atoms with Gasteiger partial charge in [0.2, 0.25) is 10.0 Å². The van der Waals surface area contributed by atoms with Gasteiger partial charge in [0, 0.05) is 0 Å². The van der Waals surface area contributed by atoms with Gasteiger partial charge in [-0.05, 0) is 18.2 Å². The minimum Gasteiger partial charge on any atom is -0.453 e. The highest BCUT2D eigenvalue weighted by atomic mass is 32.2. The van der Waals surface area contributed by atoms with Crippen molar-refractivity contribution in [1.29, 1.82) is 0 Å². The van der Waals surface area contributed by atoms with Crippen molar-refractivity contribution in [1.82, 2.24) is 0 Å². The average molecular weight is 262 g/mol. The molecule has 6 nitrogen and oxygen atoms in total. The van der Waals surface area contributed by atoms with Crippen molar-refractivity contribution in [2.75, 3.05) is 23.4 Å². The minimum absolute atomic E-state index is 0.139. The minimum atomic E-state index is -3.46. The summed E-state index contributed by atoms with van der Waals surface area (Å²) < 4.78 is 41.6. The summed E-state index contributed by atoms with van der Waals surface area (Å²) in [6.45, 7) is 0. The van der Waals surface area contributed by atoms with E-state index in [1.54, 1.807) is 0 Å². The van der Waals surface area contributed by atoms with E-state index in [0.717, 1.165) is 25.5 Å². The van der Waals surface area contributed by atoms with E-state index in [4.69, 9.17) is 0 Å². The Bertz CT molecular complexity index is 530. The quantitative estimate of drug-likeness (QED) is 0.861. The first kappa shape index (κ1) is 13.2. The van der Waals surface area contributed by atoms with Crippen LogP contribution >= 0.6 is 0 Å². The predicted octanol–water partition coefficient (Wildman–Crippen LogP) is 1.38. The Labute approximate surface area is 97.8 Å². The van der Waals surface area contributed by atoms with Crippen molar-refractivity contribution in [2.45, 2.75) is 0 Å². The Morgan fingerprint density at radius 2 is 2.06 bits per heavy atom. The number of sulfonamides is 1. The lowest BCUT2D eigenvalue weighted by molar-refractivity contribution is 0.187. The maximum atomic E-state index is 13.3. The number of carbonyl (C=O) groups is 1. The molecule has 0 aliphatic heterocycles. The maximum Gasteiger partial charge on any atom is 0.411 e. The molecule has 94 valence electrons. The molecular formula is C9H11FN2O4S. The van der Waals surface area contributed by atoms with Gasteiger partial charge in [0.1, 0.15) is 5.82 Å². The highest BCUT2D eigenvalue weighted by molar-refractivity contribution is 7.92. The SMILES string of the molecule is COC(=O)Nc1cc(NS(C)(=O)=O)ccc1F. The summed E-state index contributed by atoms with van der Waals surface area (Å²) in [4.78, 5) is 10.9. The van der Waals surface area contributed by atoms with E-state index in [9.17, 15) is 17.6 Å². The fourth-order valence-corrected chi connectivity index (χ4v) is 1.61. The standard InChI is InChI=1S/C9H11FN2O4S/c1-16-9(13)11-8-5-6(3-4-7(8)10)12-17(2,14)15/h3-5,12H,1-2H3,(H,11,13). The van der Waals surface area contributed by atoms with Gasteiger partial charge in [-0.3, -0.25) is 10.0 Å². The van der Waals surface area contributed by atoms with Crippen LogP contribution in [0.2, 0.25) is 0 Å². The molecule has 8 heteroatoms. The van der Waals surface area contributed by atoms with E-state index < -0.39 is 21.9 Å². The summed E-state index contributed by atoms with van der Waals surface area (Å²) in [5, 5.41) is 2.12. The Balaban J connectivity index is 2.98. The van der Waals surface area contributed by atoms with Gasteiger partial charge in [-0.2, -0.15) is 0 Å². The molecule has 1 aromatic rings. The van der Waals surface area contributed by atoms with Crippen LogP contribution < -0.4 is 10.0 Å². The Hall–Kier alpha value is -1.83. The van der Waals surface area contributed by atoms with Gasteiger partial charge < -0.3 is 4.74 Å². The maximum absolute atomic E-state index is 13.3. The van der Waals surface area contributed by atoms with Gasteiger partial charge in [-0.15, -0.1) is 0 Å². The molecule has 0 heterocycles. The largest absolute Gasteiger partial charge is 0.453 e. The molecule has 0 spiro atoms. The smallest absolute Gasteiger partial charge is 0.411 e. The molecular weight excluding hydrogens is 251 g/mol. The van der Waals surface area contributed by atoms with Crippen LogP contribution in [0.1, 0.15) is 0 Å². The fourth-order valence-electron chi connectivity index (χ4n) is 1.06. The van der Waals surface area contributed by atoms with Gasteiger partial charge >= 0.3 is 6.09 Å². The third-order valence-corrected chi connectivity index (χ3v) is 2.30. The highest BCUT2D eigenvalue weighted by Crippen LogP contribution is 2.20. The summed E-state index contributed by atoms with van der Waals surface area (Å²) in [7, 11) is -2.33. The van der Waals surface area contributed by atoms with Gasteiger partial charge in [-0.25, -0.2) is 17.6 Å². The number of ether oxygens (including phenoxy) is 1. The first-order chi connectivity index (χ1) is 7.81. The lowest BCUT2D eigenvalue weighted by atomic mass is 10.3. The Morgan fingerprint density at radius 3 is 2.59 bits per heavy atom. The number of rotatable bonds is 3. The van der Waals surface area contributed by atoms with Crippen molar-refractivity contribution in [3.05, 3.63) is 24.0 Å². The van der Waals surface area contributed by atoms with Crippen molar-refractivity contribution in [2.24, 2.45) is 0 Å². The third-order valence-electron chi connectivity index (χ3n) is 1.69. The van der Waals surface area contributed by atoms with Crippen LogP contribution in [0, 0.1) is 5.82 Å². The number of hydrogen-bond acceptors (Lipinski definition) is 4. The van der Waals surface area contributed by atoms with Crippen LogP contribution in [0.3, 0.4) is 0 Å². The summed E-state index contributed by atoms with van der Waals surface area (Å²) in [5.74, 6) is -0.700. The third kappa shape index (κ3) is 4.27. The van der Waals surface area contributed by atoms with Crippen LogP contribution in [0.4, 0.5) is 20.6 Å². The van der Waals surface area contributed by atoms with Crippen LogP contribution in [0.15, 0.2) is 18.2 Å². The molecule has 1 aromatic carbocycles. The molecule has 0 aromatic heterocycles. The average Bonchev–Trinajstić information content (AvgIpc) is 2.20. The number of nitrogens with one attached hydrogen (secondary N) is 2. The molecule has 0 aliphatic rings. The molecule has 2 N–H and O–H groups in total. The Morgan fingerprint density at radius 1 is 1.41 bits per heavy atom. The second-order valence-corrected chi connectivity index (χ2v) is 4.93. The van der Waals surface area contributed by atoms with Crippen LogP contribution in [0.25, 0.3) is 0 Å². The lowest BCUT2D eigenvalue weighted by Crippen LogP contribution is -2.13. The van der Waals surface area contributed by atoms with E-state index in [1.807, 2.05) is 0 Å². The van der Waals surface area contributed by atoms with Crippen molar-refractivity contribution >= 4 is 27.5 Å². The topological polar surface area (TPSA) is 84.5 Å². The number of halogens is 1. The van der Waals surface area contributed by atoms with Crippen LogP contribution in [-0.4, -0.2) is 27.9 Å². The summed E-state index contributed by atoms with van der Waals surface area (Å²) in [5.41, 5.74) is -0.0363. The van der Waals surface area contributed by atoms with Gasteiger partial charge in [0.05, 0.1) is 24.7 Å². The lowest BCUT2D eigenvalue weighted by Gasteiger charge is -2.08. The van der Waals surface area contributed by atoms with Crippen LogP contribution in [0.5, 0.6) is 0 Å². The summed E-state index contributed by atoms with van der Waals surface area (Å²) in [6.07, 6.45) is 0.115. The first-order valence-electron chi connectivity index (χ1n) is 4.44. The van der Waals surface area contributed by atoms with Crippen LogP contribution in [-0.2, 0) is 14.8 Å². The molecule has 0 saturated heterocycles. The number of methoxy groups -OCH3 is 1. The van der Waals surface area contributed by atoms with E-state index in [0.29, 0.717) is 0 Å². The molecule has 0 radical (unpaired) electrons. The number of amides is 1. The van der Waals surface area contributed by atoms with E-state index in [2.05, 4.69) is 14.8 Å². The van der Waals surface area contributed by atoms with Crippen molar-refractivity contribution in [3.63, 3.8) is 0 Å². The number of carbonyl (C=O) groups excluding carboxylic acids is 1. The van der Waals surface area contributed by atoms with Gasteiger partial charge in [0.25, 0.3) is 0 Å². The Kier molecular flexibility index (Phi) is 3.89. The molecule has 0 fully saturated rings. The first-order valence-corrected chi connectivity index (χ1v) is 6.33. The van der Waals surface area contributed by atoms with Crippen molar-refractivity contribution < 1.29 is 22.3 Å². The normalized spacial score (nSPS) is 10.8. The number of hydrogen-bond donors (Lipinski definition) is 2. The zero-order valence-electron chi connectivity index (χ0n) is 9.15. The molecule has 1 rings (SSSR count). The van der Waals surface area contributed by atoms with Gasteiger partial charge in [-0.1, -0.05) is 0 Å².